The molecular formula is C21H20BF4K2N2O3. The van der Waals surface area contributed by atoms with Gasteiger partial charge in [-0.2, -0.15) is 23.3 Å². The number of carbonyl (C=O) groups excluding carboxylic acids is 1. The summed E-state index contributed by atoms with van der Waals surface area (Å²) < 4.78 is 49.9. The summed E-state index contributed by atoms with van der Waals surface area (Å²) in [6, 6.07) is 11.1. The molecule has 0 aliphatic heterocycles. The van der Waals surface area contributed by atoms with E-state index in [0.717, 1.165) is 10.2 Å². The summed E-state index contributed by atoms with van der Waals surface area (Å²) in [5, 5.41) is 4.63. The first-order valence-corrected chi connectivity index (χ1v) is 9.19. The van der Waals surface area contributed by atoms with E-state index in [1.165, 1.54) is 19.2 Å². The second-order valence-electron chi connectivity index (χ2n) is 7.60. The first-order valence-electron chi connectivity index (χ1n) is 9.19. The summed E-state index contributed by atoms with van der Waals surface area (Å²) in [7, 11) is -3.67. The Bertz CT molecular complexity index is 1150. The Labute approximate surface area is 274 Å². The third-order valence-electron chi connectivity index (χ3n) is 4.27. The van der Waals surface area contributed by atoms with Gasteiger partial charge >= 0.3 is 64.9 Å². The van der Waals surface area contributed by atoms with Crippen LogP contribution in [-0.4, -0.2) is 74.7 Å². The van der Waals surface area contributed by atoms with E-state index >= 15 is 0 Å². The number of hydrogen-bond donors (Lipinski definition) is 0. The van der Waals surface area contributed by atoms with Gasteiger partial charge in [-0.05, 0) is 28.8 Å². The summed E-state index contributed by atoms with van der Waals surface area (Å²) >= 11 is 0. The standard InChI is InChI=1S/C21H20FN2O3.BF3.2K/c1-13(25)27-12-14-7-5-6-8-18(14)24-20(26)19-15(11-23-24)9-16(10-17(19)22)21(2,3)4;2-1(3)4;;/h5-6,8-11H,12H2,1-4H3;;;/q-1;;;+1. The van der Waals surface area contributed by atoms with Gasteiger partial charge in [0.1, 0.15) is 5.82 Å². The molecule has 0 aliphatic carbocycles. The molecule has 0 bridgehead atoms. The molecule has 33 heavy (non-hydrogen) atoms. The van der Waals surface area contributed by atoms with Crippen LogP contribution in [0.4, 0.5) is 17.3 Å². The van der Waals surface area contributed by atoms with Crippen molar-refractivity contribution in [3.8, 4) is 5.69 Å². The van der Waals surface area contributed by atoms with Crippen LogP contribution in [0, 0.1) is 11.9 Å². The zero-order valence-corrected chi connectivity index (χ0v) is 25.6. The second kappa shape index (κ2) is 14.6. The number of rotatable bonds is 3. The molecule has 0 spiro atoms. The largest absolute Gasteiger partial charge is 1.00 e. The van der Waals surface area contributed by atoms with E-state index in [1.807, 2.05) is 20.8 Å². The van der Waals surface area contributed by atoms with Gasteiger partial charge in [0.25, 0.3) is 5.56 Å². The summed E-state index contributed by atoms with van der Waals surface area (Å²) in [4.78, 5) is 24.0. The van der Waals surface area contributed by atoms with Crippen LogP contribution >= 0.6 is 0 Å². The minimum Gasteiger partial charge on any atom is -0.463 e. The molecule has 1 radical (unpaired) electrons. The van der Waals surface area contributed by atoms with Crippen LogP contribution in [0.1, 0.15) is 38.8 Å². The van der Waals surface area contributed by atoms with E-state index in [9.17, 15) is 26.9 Å². The van der Waals surface area contributed by atoms with Gasteiger partial charge in [0.2, 0.25) is 0 Å². The van der Waals surface area contributed by atoms with Crippen LogP contribution in [0.25, 0.3) is 16.5 Å². The van der Waals surface area contributed by atoms with Crippen molar-refractivity contribution in [2.24, 2.45) is 0 Å². The fourth-order valence-corrected chi connectivity index (χ4v) is 2.79. The van der Waals surface area contributed by atoms with Gasteiger partial charge in [-0.3, -0.25) is 27.2 Å². The summed E-state index contributed by atoms with van der Waals surface area (Å²) in [5.74, 6) is -1.03. The van der Waals surface area contributed by atoms with Crippen molar-refractivity contribution in [3.05, 3.63) is 69.9 Å². The molecule has 0 amide bonds. The first kappa shape index (κ1) is 33.1. The van der Waals surface area contributed by atoms with Crippen molar-refractivity contribution in [1.82, 2.24) is 9.78 Å². The predicted molar refractivity (Wildman–Crippen MR) is 115 cm³/mol. The Balaban J connectivity index is 0.00000158. The minimum absolute atomic E-state index is 0. The Kier molecular flexibility index (Phi) is 14.7. The average molecular weight is 513 g/mol. The molecule has 1 aromatic heterocycles. The van der Waals surface area contributed by atoms with Crippen LogP contribution in [0.2, 0.25) is 0 Å². The van der Waals surface area contributed by atoms with Crippen molar-refractivity contribution in [2.45, 2.75) is 39.7 Å². The normalized spacial score (nSPS) is 10.3. The number of benzene rings is 2. The van der Waals surface area contributed by atoms with Crippen molar-refractivity contribution < 1.29 is 78.3 Å². The molecule has 0 saturated heterocycles. The SMILES string of the molecule is CC(=O)OCc1[c-]cccc1-n1ncc2cc(C(C)(C)C)cc(F)c2c1=O.FB(F)F.[K+].[K]. The maximum Gasteiger partial charge on any atom is 1.00 e. The van der Waals surface area contributed by atoms with Crippen LogP contribution in [-0.2, 0) is 21.6 Å². The number of fused-ring (bicyclic) bond motifs is 1. The number of ether oxygens (including phenoxy) is 1. The van der Waals surface area contributed by atoms with Crippen LogP contribution in [0.3, 0.4) is 0 Å². The molecule has 0 aliphatic rings. The van der Waals surface area contributed by atoms with E-state index in [4.69, 9.17) is 4.74 Å². The molecule has 0 N–H and O–H groups in total. The summed E-state index contributed by atoms with van der Waals surface area (Å²) in [6.45, 7) is 7.17. The van der Waals surface area contributed by atoms with Gasteiger partial charge in [-0.15, -0.1) is 6.07 Å². The van der Waals surface area contributed by atoms with Gasteiger partial charge in [-0.1, -0.05) is 26.3 Å². The molecule has 3 aromatic rings. The molecule has 0 fully saturated rings. The molecule has 3 rings (SSSR count). The summed E-state index contributed by atoms with van der Waals surface area (Å²) in [6.07, 6.45) is 1.47. The number of nitrogens with zero attached hydrogens (tertiary/aromatic N) is 2. The van der Waals surface area contributed by atoms with Gasteiger partial charge in [0.05, 0.1) is 18.2 Å². The van der Waals surface area contributed by atoms with Crippen LogP contribution < -0.4 is 56.9 Å². The molecule has 0 saturated carbocycles. The van der Waals surface area contributed by atoms with E-state index in [2.05, 4.69) is 11.2 Å². The van der Waals surface area contributed by atoms with Gasteiger partial charge < -0.3 is 4.74 Å². The van der Waals surface area contributed by atoms with Crippen molar-refractivity contribution in [3.63, 3.8) is 0 Å². The fraction of sp³-hybridized carbons (Fsp3) is 0.286. The second-order valence-corrected chi connectivity index (χ2v) is 7.60. The first-order chi connectivity index (χ1) is 14.4. The summed E-state index contributed by atoms with van der Waals surface area (Å²) in [5.41, 5.74) is 0.831. The molecule has 0 atom stereocenters. The Morgan fingerprint density at radius 1 is 1.24 bits per heavy atom. The number of halogens is 4. The van der Waals surface area contributed by atoms with Gasteiger partial charge in [0.15, 0.2) is 0 Å². The van der Waals surface area contributed by atoms with Crippen LogP contribution in [0.5, 0.6) is 0 Å². The third kappa shape index (κ3) is 9.58. The smallest absolute Gasteiger partial charge is 0.463 e. The molecule has 12 heteroatoms. The Morgan fingerprint density at radius 3 is 2.39 bits per heavy atom. The molecule has 165 valence electrons. The number of esters is 1. The number of carbonyl (C=O) groups is 1. The van der Waals surface area contributed by atoms with Gasteiger partial charge in [0, 0.05) is 63.7 Å². The number of aromatic nitrogens is 2. The maximum atomic E-state index is 14.8. The van der Waals surface area contributed by atoms with Crippen molar-refractivity contribution in [2.75, 3.05) is 0 Å². The molecule has 5 nitrogen and oxygen atoms in total. The van der Waals surface area contributed by atoms with Crippen LogP contribution in [0.15, 0.2) is 41.3 Å². The van der Waals surface area contributed by atoms with Crippen molar-refractivity contribution >= 4 is 75.7 Å². The maximum absolute atomic E-state index is 14.8. The molecular weight excluding hydrogens is 493 g/mol. The predicted octanol–water partition coefficient (Wildman–Crippen LogP) is 1.19. The van der Waals surface area contributed by atoms with E-state index in [1.54, 1.807) is 24.3 Å². The number of hydrogen-bond acceptors (Lipinski definition) is 4. The fourth-order valence-electron chi connectivity index (χ4n) is 2.79. The topological polar surface area (TPSA) is 61.2 Å². The zero-order valence-electron chi connectivity index (χ0n) is 19.4. The van der Waals surface area contributed by atoms with Crippen molar-refractivity contribution in [1.29, 1.82) is 0 Å². The average Bonchev–Trinajstić information content (AvgIpc) is 2.65. The quantitative estimate of drug-likeness (QED) is 0.229. The Morgan fingerprint density at radius 2 is 1.85 bits per heavy atom. The van der Waals surface area contributed by atoms with E-state index in [-0.39, 0.29) is 120 Å². The Hall–Kier alpha value is 0.108. The molecule has 2 aromatic carbocycles. The van der Waals surface area contributed by atoms with Gasteiger partial charge in [-0.25, -0.2) is 4.39 Å². The zero-order chi connectivity index (χ0) is 23.3. The van der Waals surface area contributed by atoms with E-state index in [0.29, 0.717) is 16.6 Å². The molecule has 0 unspecified atom stereocenters. The third-order valence-corrected chi connectivity index (χ3v) is 4.27. The molecule has 1 heterocycles. The monoisotopic (exact) mass is 513 g/mol. The van der Waals surface area contributed by atoms with E-state index < -0.39 is 24.9 Å². The minimum atomic E-state index is -3.67.